The standard InChI is InChI=1S/C26H20O6/c1-16-14-23(28)32-26-21(16)12-13-22(25(26)17(2)27)31-24(29)15-30-20-10-8-19(9-11-20)18-6-4-3-5-7-18/h3-14H,15H2,1-2H3. The first kappa shape index (κ1) is 21.1. The molecule has 0 saturated heterocycles. The van der Waals surface area contributed by atoms with Crippen LogP contribution in [-0.4, -0.2) is 18.4 Å². The maximum atomic E-state index is 12.4. The molecule has 0 N–H and O–H groups in total. The third-order valence-corrected chi connectivity index (χ3v) is 4.98. The highest BCUT2D eigenvalue weighted by Crippen LogP contribution is 2.30. The number of aryl methyl sites for hydroxylation is 1. The minimum Gasteiger partial charge on any atom is -0.482 e. The molecule has 4 aromatic rings. The molecule has 0 spiro atoms. The molecular weight excluding hydrogens is 408 g/mol. The number of Topliss-reactive ketones (excluding diaryl/α,β-unsaturated/α-hetero) is 1. The van der Waals surface area contributed by atoms with Crippen LogP contribution in [0.2, 0.25) is 0 Å². The van der Waals surface area contributed by atoms with Crippen LogP contribution in [0.25, 0.3) is 22.1 Å². The molecule has 4 rings (SSSR count). The zero-order valence-electron chi connectivity index (χ0n) is 17.6. The lowest BCUT2D eigenvalue weighted by molar-refractivity contribution is -0.136. The van der Waals surface area contributed by atoms with E-state index in [9.17, 15) is 14.4 Å². The van der Waals surface area contributed by atoms with E-state index in [2.05, 4.69) is 0 Å². The summed E-state index contributed by atoms with van der Waals surface area (Å²) in [5, 5.41) is 0.601. The zero-order valence-corrected chi connectivity index (χ0v) is 17.6. The predicted molar refractivity (Wildman–Crippen MR) is 120 cm³/mol. The van der Waals surface area contributed by atoms with Crippen LogP contribution in [0.3, 0.4) is 0 Å². The van der Waals surface area contributed by atoms with Crippen molar-refractivity contribution < 1.29 is 23.5 Å². The molecule has 6 heteroatoms. The Kier molecular flexibility index (Phi) is 5.85. The van der Waals surface area contributed by atoms with Crippen LogP contribution in [0.1, 0.15) is 22.8 Å². The summed E-state index contributed by atoms with van der Waals surface area (Å²) in [7, 11) is 0. The molecular formula is C26H20O6. The highest BCUT2D eigenvalue weighted by Gasteiger charge is 2.19. The SMILES string of the molecule is CC(=O)c1c(OC(=O)COc2ccc(-c3ccccc3)cc2)ccc2c(C)cc(=O)oc12. The Bertz CT molecular complexity index is 1350. The van der Waals surface area contributed by atoms with E-state index in [1.807, 2.05) is 42.5 Å². The summed E-state index contributed by atoms with van der Waals surface area (Å²) in [4.78, 5) is 36.4. The van der Waals surface area contributed by atoms with Gasteiger partial charge in [-0.1, -0.05) is 42.5 Å². The van der Waals surface area contributed by atoms with Crippen molar-refractivity contribution >= 4 is 22.7 Å². The zero-order chi connectivity index (χ0) is 22.7. The number of carbonyl (C=O) groups is 2. The van der Waals surface area contributed by atoms with Crippen LogP contribution in [-0.2, 0) is 4.79 Å². The van der Waals surface area contributed by atoms with Crippen LogP contribution in [0.4, 0.5) is 0 Å². The summed E-state index contributed by atoms with van der Waals surface area (Å²) in [6.07, 6.45) is 0. The van der Waals surface area contributed by atoms with Crippen molar-refractivity contribution in [3.05, 3.63) is 94.3 Å². The lowest BCUT2D eigenvalue weighted by Gasteiger charge is -2.12. The quantitative estimate of drug-likeness (QED) is 0.187. The third kappa shape index (κ3) is 4.44. The van der Waals surface area contributed by atoms with Gasteiger partial charge in [-0.3, -0.25) is 4.79 Å². The molecule has 0 atom stereocenters. The molecule has 0 fully saturated rings. The van der Waals surface area contributed by atoms with Gasteiger partial charge in [0.25, 0.3) is 0 Å². The van der Waals surface area contributed by atoms with Crippen LogP contribution in [0.15, 0.2) is 82.0 Å². The lowest BCUT2D eigenvalue weighted by Crippen LogP contribution is -2.19. The van der Waals surface area contributed by atoms with Crippen molar-refractivity contribution in [2.75, 3.05) is 6.61 Å². The van der Waals surface area contributed by atoms with Crippen LogP contribution in [0.5, 0.6) is 11.5 Å². The number of hydrogen-bond acceptors (Lipinski definition) is 6. The molecule has 0 amide bonds. The van der Waals surface area contributed by atoms with Crippen molar-refractivity contribution in [2.24, 2.45) is 0 Å². The van der Waals surface area contributed by atoms with Crippen molar-refractivity contribution in [1.82, 2.24) is 0 Å². The first-order valence-electron chi connectivity index (χ1n) is 10.00. The van der Waals surface area contributed by atoms with E-state index in [1.165, 1.54) is 19.1 Å². The fraction of sp³-hybridized carbons (Fsp3) is 0.115. The molecule has 3 aromatic carbocycles. The summed E-state index contributed by atoms with van der Waals surface area (Å²) in [6, 6.07) is 21.7. The monoisotopic (exact) mass is 428 g/mol. The average molecular weight is 428 g/mol. The molecule has 1 aromatic heterocycles. The normalized spacial score (nSPS) is 10.7. The fourth-order valence-corrected chi connectivity index (χ4v) is 3.45. The first-order valence-corrected chi connectivity index (χ1v) is 10.00. The van der Waals surface area contributed by atoms with Crippen molar-refractivity contribution in [1.29, 1.82) is 0 Å². The number of fused-ring (bicyclic) bond motifs is 1. The summed E-state index contributed by atoms with van der Waals surface area (Å²) in [5.41, 5.74) is 2.34. The second-order valence-corrected chi connectivity index (χ2v) is 7.27. The minimum atomic E-state index is -0.686. The smallest absolute Gasteiger partial charge is 0.349 e. The predicted octanol–water partition coefficient (Wildman–Crippen LogP) is 4.96. The number of hydrogen-bond donors (Lipinski definition) is 0. The Morgan fingerprint density at radius 1 is 0.906 bits per heavy atom. The Hall–Kier alpha value is -4.19. The third-order valence-electron chi connectivity index (χ3n) is 4.98. The molecule has 0 aliphatic heterocycles. The number of ketones is 1. The van der Waals surface area contributed by atoms with E-state index < -0.39 is 11.6 Å². The van der Waals surface area contributed by atoms with Crippen molar-refractivity contribution in [3.8, 4) is 22.6 Å². The Labute approximate surface area is 184 Å². The van der Waals surface area contributed by atoms with Gasteiger partial charge in [0.15, 0.2) is 18.0 Å². The Morgan fingerprint density at radius 3 is 2.28 bits per heavy atom. The first-order chi connectivity index (χ1) is 15.4. The van der Waals surface area contributed by atoms with Gasteiger partial charge in [0.05, 0.1) is 0 Å². The topological polar surface area (TPSA) is 82.8 Å². The van der Waals surface area contributed by atoms with Gasteiger partial charge in [-0.05, 0) is 54.8 Å². The van der Waals surface area contributed by atoms with Gasteiger partial charge in [0, 0.05) is 11.5 Å². The number of benzene rings is 3. The summed E-state index contributed by atoms with van der Waals surface area (Å²) in [6.45, 7) is 2.71. The molecule has 0 bridgehead atoms. The minimum absolute atomic E-state index is 0.0202. The highest BCUT2D eigenvalue weighted by atomic mass is 16.6. The van der Waals surface area contributed by atoms with Crippen LogP contribution >= 0.6 is 0 Å². The molecule has 0 saturated carbocycles. The van der Waals surface area contributed by atoms with Gasteiger partial charge in [0.1, 0.15) is 17.1 Å². The van der Waals surface area contributed by atoms with Gasteiger partial charge in [-0.25, -0.2) is 9.59 Å². The molecule has 0 unspecified atom stereocenters. The van der Waals surface area contributed by atoms with Gasteiger partial charge in [-0.15, -0.1) is 0 Å². The van der Waals surface area contributed by atoms with E-state index in [-0.39, 0.29) is 29.3 Å². The maximum absolute atomic E-state index is 12.4. The average Bonchev–Trinajstić information content (AvgIpc) is 2.78. The second-order valence-electron chi connectivity index (χ2n) is 7.27. The molecule has 160 valence electrons. The summed E-state index contributed by atoms with van der Waals surface area (Å²) < 4.78 is 16.1. The van der Waals surface area contributed by atoms with E-state index >= 15 is 0 Å². The maximum Gasteiger partial charge on any atom is 0.349 e. The van der Waals surface area contributed by atoms with E-state index in [0.29, 0.717) is 16.7 Å². The van der Waals surface area contributed by atoms with E-state index in [1.54, 1.807) is 25.1 Å². The molecule has 6 nitrogen and oxygen atoms in total. The number of carbonyl (C=O) groups excluding carboxylic acids is 2. The fourth-order valence-electron chi connectivity index (χ4n) is 3.45. The van der Waals surface area contributed by atoms with E-state index in [4.69, 9.17) is 13.9 Å². The number of esters is 1. The molecule has 0 aliphatic rings. The Morgan fingerprint density at radius 2 is 1.59 bits per heavy atom. The molecule has 1 heterocycles. The van der Waals surface area contributed by atoms with Gasteiger partial charge >= 0.3 is 11.6 Å². The summed E-state index contributed by atoms with van der Waals surface area (Å²) >= 11 is 0. The van der Waals surface area contributed by atoms with E-state index in [0.717, 1.165) is 11.1 Å². The summed E-state index contributed by atoms with van der Waals surface area (Å²) in [5.74, 6) is -0.543. The van der Waals surface area contributed by atoms with Gasteiger partial charge in [0.2, 0.25) is 0 Å². The molecule has 0 aliphatic carbocycles. The number of rotatable bonds is 6. The largest absolute Gasteiger partial charge is 0.482 e. The van der Waals surface area contributed by atoms with Gasteiger partial charge in [-0.2, -0.15) is 0 Å². The molecule has 0 radical (unpaired) electrons. The van der Waals surface area contributed by atoms with Crippen molar-refractivity contribution in [2.45, 2.75) is 13.8 Å². The van der Waals surface area contributed by atoms with Gasteiger partial charge < -0.3 is 13.9 Å². The lowest BCUT2D eigenvalue weighted by atomic mass is 10.0. The molecule has 32 heavy (non-hydrogen) atoms. The van der Waals surface area contributed by atoms with Crippen LogP contribution in [0, 0.1) is 6.92 Å². The second kappa shape index (κ2) is 8.89. The van der Waals surface area contributed by atoms with Crippen LogP contribution < -0.4 is 15.1 Å². The Balaban J connectivity index is 1.49. The number of ether oxygens (including phenoxy) is 2. The van der Waals surface area contributed by atoms with Crippen molar-refractivity contribution in [3.63, 3.8) is 0 Å². The highest BCUT2D eigenvalue weighted by molar-refractivity contribution is 6.08.